The zero-order valence-electron chi connectivity index (χ0n) is 16.2. The Hall–Kier alpha value is -3.78. The highest BCUT2D eigenvalue weighted by Crippen LogP contribution is 2.42. The van der Waals surface area contributed by atoms with Crippen LogP contribution in [-0.4, -0.2) is 34.1 Å². The van der Waals surface area contributed by atoms with Gasteiger partial charge < -0.3 is 25.5 Å². The Kier molecular flexibility index (Phi) is 5.39. The zero-order valence-corrected chi connectivity index (χ0v) is 16.9. The van der Waals surface area contributed by atoms with Gasteiger partial charge in [-0.15, -0.1) is 0 Å². The topological polar surface area (TPSA) is 124 Å². The molecule has 2 aromatic carbocycles. The molecule has 31 heavy (non-hydrogen) atoms. The SMILES string of the molecule is NC(=O)COc1cccc([C@@H]2CC(=O)Nc3c(C(=O)O)cn(-c4cccc(Cl)c4)c32)c1. The minimum atomic E-state index is -1.16. The summed E-state index contributed by atoms with van der Waals surface area (Å²) in [6.07, 6.45) is 1.58. The number of carbonyl (C=O) groups excluding carboxylic acids is 2. The minimum Gasteiger partial charge on any atom is -0.484 e. The van der Waals surface area contributed by atoms with Gasteiger partial charge in [-0.25, -0.2) is 4.79 Å². The molecule has 1 atom stereocenters. The van der Waals surface area contributed by atoms with Gasteiger partial charge >= 0.3 is 5.97 Å². The number of carbonyl (C=O) groups is 3. The average molecular weight is 440 g/mol. The summed E-state index contributed by atoms with van der Waals surface area (Å²) in [5.74, 6) is -2.09. The van der Waals surface area contributed by atoms with Crippen molar-refractivity contribution in [2.45, 2.75) is 12.3 Å². The molecule has 1 aromatic heterocycles. The van der Waals surface area contributed by atoms with E-state index in [1.165, 1.54) is 6.20 Å². The summed E-state index contributed by atoms with van der Waals surface area (Å²) in [7, 11) is 0. The summed E-state index contributed by atoms with van der Waals surface area (Å²) in [5.41, 5.74) is 7.39. The van der Waals surface area contributed by atoms with Crippen LogP contribution in [0.5, 0.6) is 5.75 Å². The number of benzene rings is 2. The summed E-state index contributed by atoms with van der Waals surface area (Å²) in [4.78, 5) is 35.4. The van der Waals surface area contributed by atoms with Crippen LogP contribution in [0.25, 0.3) is 5.69 Å². The zero-order chi connectivity index (χ0) is 22.1. The van der Waals surface area contributed by atoms with Crippen molar-refractivity contribution in [3.63, 3.8) is 0 Å². The number of carboxylic acid groups (broad SMARTS) is 1. The van der Waals surface area contributed by atoms with Crippen LogP contribution in [-0.2, 0) is 9.59 Å². The Bertz CT molecular complexity index is 1200. The average Bonchev–Trinajstić information content (AvgIpc) is 3.11. The molecule has 4 N–H and O–H groups in total. The van der Waals surface area contributed by atoms with Crippen LogP contribution in [0.2, 0.25) is 5.02 Å². The minimum absolute atomic E-state index is 0.0193. The molecule has 0 bridgehead atoms. The quantitative estimate of drug-likeness (QED) is 0.544. The van der Waals surface area contributed by atoms with Crippen LogP contribution >= 0.6 is 11.6 Å². The Morgan fingerprint density at radius 2 is 2.00 bits per heavy atom. The molecule has 8 nitrogen and oxygen atoms in total. The van der Waals surface area contributed by atoms with E-state index in [1.54, 1.807) is 47.0 Å². The van der Waals surface area contributed by atoms with Crippen molar-refractivity contribution in [2.75, 3.05) is 11.9 Å². The molecule has 0 radical (unpaired) electrons. The van der Waals surface area contributed by atoms with Crippen molar-refractivity contribution in [1.82, 2.24) is 4.57 Å². The Labute approximate surface area is 182 Å². The van der Waals surface area contributed by atoms with Crippen LogP contribution in [0.1, 0.15) is 34.0 Å². The highest BCUT2D eigenvalue weighted by atomic mass is 35.5. The van der Waals surface area contributed by atoms with Gasteiger partial charge in [-0.2, -0.15) is 0 Å². The van der Waals surface area contributed by atoms with Crippen LogP contribution in [0.15, 0.2) is 54.7 Å². The maximum absolute atomic E-state index is 12.5. The number of halogens is 1. The molecule has 0 spiro atoms. The van der Waals surface area contributed by atoms with Gasteiger partial charge in [-0.05, 0) is 35.9 Å². The van der Waals surface area contributed by atoms with E-state index in [-0.39, 0.29) is 30.2 Å². The lowest BCUT2D eigenvalue weighted by Gasteiger charge is -2.26. The second-order valence-corrected chi connectivity index (χ2v) is 7.53. The number of fused-ring (bicyclic) bond motifs is 1. The molecule has 3 aromatic rings. The predicted molar refractivity (Wildman–Crippen MR) is 114 cm³/mol. The number of hydrogen-bond acceptors (Lipinski definition) is 4. The summed E-state index contributed by atoms with van der Waals surface area (Å²) < 4.78 is 7.12. The van der Waals surface area contributed by atoms with Crippen LogP contribution in [0.3, 0.4) is 0 Å². The lowest BCUT2D eigenvalue weighted by atomic mass is 9.88. The van der Waals surface area contributed by atoms with Gasteiger partial charge in [0, 0.05) is 29.2 Å². The number of aromatic carboxylic acids is 1. The van der Waals surface area contributed by atoms with Gasteiger partial charge in [0.25, 0.3) is 5.91 Å². The maximum atomic E-state index is 12.5. The summed E-state index contributed by atoms with van der Waals surface area (Å²) in [6, 6.07) is 13.9. The van der Waals surface area contributed by atoms with Crippen molar-refractivity contribution in [1.29, 1.82) is 0 Å². The molecule has 1 aliphatic heterocycles. The third-order valence-electron chi connectivity index (χ3n) is 4.99. The molecule has 4 rings (SSSR count). The summed E-state index contributed by atoms with van der Waals surface area (Å²) in [6.45, 7) is -0.276. The van der Waals surface area contributed by atoms with Gasteiger partial charge in [-0.3, -0.25) is 9.59 Å². The fraction of sp³-hybridized carbons (Fsp3) is 0.136. The molecule has 1 aliphatic rings. The molecule has 0 aliphatic carbocycles. The number of carboxylic acids is 1. The van der Waals surface area contributed by atoms with Crippen LogP contribution in [0.4, 0.5) is 5.69 Å². The number of nitrogens with one attached hydrogen (secondary N) is 1. The van der Waals surface area contributed by atoms with E-state index in [1.807, 2.05) is 6.07 Å². The van der Waals surface area contributed by atoms with E-state index in [0.717, 1.165) is 5.56 Å². The first-order chi connectivity index (χ1) is 14.8. The van der Waals surface area contributed by atoms with E-state index >= 15 is 0 Å². The Balaban J connectivity index is 1.87. The third kappa shape index (κ3) is 4.10. The maximum Gasteiger partial charge on any atom is 0.339 e. The first-order valence-corrected chi connectivity index (χ1v) is 9.76. The largest absolute Gasteiger partial charge is 0.484 e. The molecule has 9 heteroatoms. The molecule has 0 saturated carbocycles. The van der Waals surface area contributed by atoms with E-state index in [4.69, 9.17) is 22.1 Å². The number of anilines is 1. The van der Waals surface area contributed by atoms with E-state index in [9.17, 15) is 19.5 Å². The number of hydrogen-bond donors (Lipinski definition) is 3. The Morgan fingerprint density at radius 3 is 2.71 bits per heavy atom. The fourth-order valence-corrected chi connectivity index (χ4v) is 3.91. The number of nitrogens with two attached hydrogens (primary N) is 1. The third-order valence-corrected chi connectivity index (χ3v) is 5.22. The Morgan fingerprint density at radius 1 is 1.23 bits per heavy atom. The van der Waals surface area contributed by atoms with Crippen LogP contribution in [0, 0.1) is 0 Å². The van der Waals surface area contributed by atoms with Crippen molar-refractivity contribution >= 4 is 35.1 Å². The number of nitrogens with zero attached hydrogens (tertiary/aromatic N) is 1. The number of rotatable bonds is 6. The number of aromatic nitrogens is 1. The molecule has 158 valence electrons. The first-order valence-electron chi connectivity index (χ1n) is 9.39. The first kappa shape index (κ1) is 20.5. The second kappa shape index (κ2) is 8.16. The van der Waals surface area contributed by atoms with Crippen molar-refractivity contribution in [3.05, 3.63) is 76.6 Å². The molecular weight excluding hydrogens is 422 g/mol. The molecule has 2 heterocycles. The van der Waals surface area contributed by atoms with E-state index in [2.05, 4.69) is 5.32 Å². The van der Waals surface area contributed by atoms with Gasteiger partial charge in [0.1, 0.15) is 11.3 Å². The van der Waals surface area contributed by atoms with E-state index < -0.39 is 17.8 Å². The molecule has 0 unspecified atom stereocenters. The van der Waals surface area contributed by atoms with Crippen molar-refractivity contribution < 1.29 is 24.2 Å². The lowest BCUT2D eigenvalue weighted by molar-refractivity contribution is -0.120. The predicted octanol–water partition coefficient (Wildman–Crippen LogP) is 3.17. The molecule has 2 amide bonds. The summed E-state index contributed by atoms with van der Waals surface area (Å²) in [5, 5.41) is 12.9. The molecule has 0 saturated heterocycles. The van der Waals surface area contributed by atoms with Gasteiger partial charge in [0.05, 0.1) is 11.4 Å². The van der Waals surface area contributed by atoms with Crippen LogP contribution < -0.4 is 15.8 Å². The fourth-order valence-electron chi connectivity index (χ4n) is 3.72. The smallest absolute Gasteiger partial charge is 0.339 e. The van der Waals surface area contributed by atoms with Gasteiger partial charge in [0.15, 0.2) is 6.61 Å². The second-order valence-electron chi connectivity index (χ2n) is 7.09. The monoisotopic (exact) mass is 439 g/mol. The van der Waals surface area contributed by atoms with Crippen molar-refractivity contribution in [2.24, 2.45) is 5.73 Å². The highest BCUT2D eigenvalue weighted by Gasteiger charge is 2.34. The van der Waals surface area contributed by atoms with Gasteiger partial charge in [-0.1, -0.05) is 29.8 Å². The molecule has 0 fully saturated rings. The highest BCUT2D eigenvalue weighted by molar-refractivity contribution is 6.30. The van der Waals surface area contributed by atoms with Crippen molar-refractivity contribution in [3.8, 4) is 11.4 Å². The normalized spacial score (nSPS) is 15.1. The standard InChI is InChI=1S/C22H18ClN3O5/c23-13-4-2-5-14(8-13)26-10-17(22(29)30)20-21(26)16(9-19(28)25-20)12-3-1-6-15(7-12)31-11-18(24)27/h1-8,10,16H,9,11H2,(H2,24,27)(H,25,28)(H,29,30)/t16-/m0/s1. The number of amides is 2. The number of primary amides is 1. The van der Waals surface area contributed by atoms with Gasteiger partial charge in [0.2, 0.25) is 5.91 Å². The molecular formula is C22H18ClN3O5. The van der Waals surface area contributed by atoms with E-state index in [0.29, 0.717) is 22.2 Å². The lowest BCUT2D eigenvalue weighted by Crippen LogP contribution is -2.25. The summed E-state index contributed by atoms with van der Waals surface area (Å²) >= 11 is 6.15. The number of ether oxygens (including phenoxy) is 1.